The Morgan fingerprint density at radius 3 is 2.67 bits per heavy atom. The topological polar surface area (TPSA) is 52.6 Å². The minimum absolute atomic E-state index is 0.290. The molecule has 2 aromatic rings. The van der Waals surface area contributed by atoms with Crippen LogP contribution in [0.4, 0.5) is 5.13 Å². The molecule has 144 valence electrons. The van der Waals surface area contributed by atoms with Crippen molar-refractivity contribution in [3.05, 3.63) is 47.0 Å². The van der Waals surface area contributed by atoms with Crippen LogP contribution in [0.15, 0.2) is 40.7 Å². The lowest BCUT2D eigenvalue weighted by Crippen LogP contribution is -2.42. The zero-order chi connectivity index (χ0) is 18.5. The largest absolute Gasteiger partial charge is 0.356 e. The van der Waals surface area contributed by atoms with Crippen LogP contribution < -0.4 is 15.5 Å². The first kappa shape index (κ1) is 18.3. The molecule has 1 aliphatic carbocycles. The van der Waals surface area contributed by atoms with Gasteiger partial charge in [-0.15, -0.1) is 11.3 Å². The van der Waals surface area contributed by atoms with Gasteiger partial charge in [0.25, 0.3) is 0 Å². The molecule has 1 saturated heterocycles. The Kier molecular flexibility index (Phi) is 5.62. The lowest BCUT2D eigenvalue weighted by atomic mass is 9.96. The van der Waals surface area contributed by atoms with E-state index in [1.807, 2.05) is 7.05 Å². The highest BCUT2D eigenvalue weighted by molar-refractivity contribution is 7.13. The molecule has 0 amide bonds. The minimum atomic E-state index is 0.290. The van der Waals surface area contributed by atoms with Gasteiger partial charge in [-0.25, -0.2) is 4.98 Å². The first-order valence-electron chi connectivity index (χ1n) is 9.98. The van der Waals surface area contributed by atoms with Crippen LogP contribution in [0.2, 0.25) is 0 Å². The standard InChI is InChI=1S/C21H29N5S/c1-22-19(24-16-21(10-11-21)17-7-3-2-4-8-17)23-12-9-18-15-27-20(25-18)26-13-5-6-14-26/h2-4,7-8,15H,5-6,9-14,16H2,1H3,(H2,22,23,24). The van der Waals surface area contributed by atoms with Crippen LogP contribution in [0.25, 0.3) is 0 Å². The molecular formula is C21H29N5S. The van der Waals surface area contributed by atoms with Gasteiger partial charge in [-0.05, 0) is 31.2 Å². The van der Waals surface area contributed by atoms with Crippen molar-refractivity contribution < 1.29 is 0 Å². The molecule has 2 N–H and O–H groups in total. The number of anilines is 1. The lowest BCUT2D eigenvalue weighted by Gasteiger charge is -2.19. The smallest absolute Gasteiger partial charge is 0.191 e. The Hall–Kier alpha value is -2.08. The van der Waals surface area contributed by atoms with Gasteiger partial charge in [0.15, 0.2) is 11.1 Å². The highest BCUT2D eigenvalue weighted by Crippen LogP contribution is 2.47. The maximum atomic E-state index is 4.79. The molecule has 2 aliphatic rings. The molecule has 2 fully saturated rings. The summed E-state index contributed by atoms with van der Waals surface area (Å²) in [6.45, 7) is 4.10. The first-order valence-corrected chi connectivity index (χ1v) is 10.9. The number of benzene rings is 1. The summed E-state index contributed by atoms with van der Waals surface area (Å²) in [6, 6.07) is 10.8. The monoisotopic (exact) mass is 383 g/mol. The summed E-state index contributed by atoms with van der Waals surface area (Å²) in [4.78, 5) is 11.6. The summed E-state index contributed by atoms with van der Waals surface area (Å²) >= 11 is 1.77. The van der Waals surface area contributed by atoms with Crippen LogP contribution in [-0.2, 0) is 11.8 Å². The first-order chi connectivity index (χ1) is 13.3. The number of aromatic nitrogens is 1. The van der Waals surface area contributed by atoms with E-state index >= 15 is 0 Å². The molecule has 1 aliphatic heterocycles. The highest BCUT2D eigenvalue weighted by atomic mass is 32.1. The predicted molar refractivity (Wildman–Crippen MR) is 114 cm³/mol. The Labute approximate surface area is 165 Å². The normalized spacial score (nSPS) is 18.6. The van der Waals surface area contributed by atoms with E-state index in [1.54, 1.807) is 11.3 Å². The van der Waals surface area contributed by atoms with Crippen LogP contribution in [0, 0.1) is 0 Å². The number of hydrogen-bond acceptors (Lipinski definition) is 4. The van der Waals surface area contributed by atoms with Crippen LogP contribution in [0.3, 0.4) is 0 Å². The SMILES string of the molecule is CN=C(NCCc1csc(N2CCCC2)n1)NCC1(c2ccccc2)CC1. The van der Waals surface area contributed by atoms with Crippen LogP contribution >= 0.6 is 11.3 Å². The van der Waals surface area contributed by atoms with Crippen molar-refractivity contribution in [1.82, 2.24) is 15.6 Å². The summed E-state index contributed by atoms with van der Waals surface area (Å²) in [5.74, 6) is 0.882. The number of rotatable bonds is 7. The van der Waals surface area contributed by atoms with Crippen LogP contribution in [-0.4, -0.2) is 44.2 Å². The molecule has 2 heterocycles. The second-order valence-corrected chi connectivity index (χ2v) is 8.40. The molecule has 0 radical (unpaired) electrons. The molecule has 27 heavy (non-hydrogen) atoms. The third-order valence-electron chi connectivity index (χ3n) is 5.65. The molecule has 0 atom stereocenters. The van der Waals surface area contributed by atoms with Gasteiger partial charge in [-0.1, -0.05) is 30.3 Å². The fourth-order valence-electron chi connectivity index (χ4n) is 3.76. The predicted octanol–water partition coefficient (Wildman–Crippen LogP) is 3.18. The highest BCUT2D eigenvalue weighted by Gasteiger charge is 2.43. The van der Waals surface area contributed by atoms with Crippen molar-refractivity contribution in [2.75, 3.05) is 38.1 Å². The molecular weight excluding hydrogens is 354 g/mol. The fraction of sp³-hybridized carbons (Fsp3) is 0.524. The molecule has 0 unspecified atom stereocenters. The van der Waals surface area contributed by atoms with Crippen molar-refractivity contribution in [3.63, 3.8) is 0 Å². The zero-order valence-corrected chi connectivity index (χ0v) is 16.9. The number of aliphatic imine (C=N–C) groups is 1. The average molecular weight is 384 g/mol. The van der Waals surface area contributed by atoms with Crippen LogP contribution in [0.1, 0.15) is 36.9 Å². The van der Waals surface area contributed by atoms with Crippen molar-refractivity contribution in [1.29, 1.82) is 0 Å². The van der Waals surface area contributed by atoms with Gasteiger partial charge in [0, 0.05) is 50.4 Å². The number of guanidine groups is 1. The maximum Gasteiger partial charge on any atom is 0.191 e. The molecule has 6 heteroatoms. The summed E-state index contributed by atoms with van der Waals surface area (Å²) in [5, 5.41) is 10.3. The molecule has 5 nitrogen and oxygen atoms in total. The average Bonchev–Trinajstić information content (AvgIpc) is 3.10. The fourth-order valence-corrected chi connectivity index (χ4v) is 4.67. The van der Waals surface area contributed by atoms with E-state index in [4.69, 9.17) is 4.98 Å². The minimum Gasteiger partial charge on any atom is -0.356 e. The molecule has 1 aromatic carbocycles. The second kappa shape index (κ2) is 8.30. The second-order valence-electron chi connectivity index (χ2n) is 7.56. The number of nitrogens with one attached hydrogen (secondary N) is 2. The molecule has 1 saturated carbocycles. The van der Waals surface area contributed by atoms with Crippen LogP contribution in [0.5, 0.6) is 0 Å². The van der Waals surface area contributed by atoms with Gasteiger partial charge in [0.05, 0.1) is 5.69 Å². The summed E-state index contributed by atoms with van der Waals surface area (Å²) in [5.41, 5.74) is 2.90. The molecule has 0 spiro atoms. The summed E-state index contributed by atoms with van der Waals surface area (Å²) < 4.78 is 0. The van der Waals surface area contributed by atoms with E-state index in [0.29, 0.717) is 5.41 Å². The summed E-state index contributed by atoms with van der Waals surface area (Å²) in [6.07, 6.45) is 6.01. The molecule has 4 rings (SSSR count). The molecule has 0 bridgehead atoms. The maximum absolute atomic E-state index is 4.79. The van der Waals surface area contributed by atoms with E-state index in [1.165, 1.54) is 42.1 Å². The molecule has 1 aromatic heterocycles. The van der Waals surface area contributed by atoms with E-state index in [2.05, 4.69) is 56.2 Å². The number of hydrogen-bond donors (Lipinski definition) is 2. The van der Waals surface area contributed by atoms with Gasteiger partial charge in [-0.2, -0.15) is 0 Å². The Morgan fingerprint density at radius 2 is 1.96 bits per heavy atom. The van der Waals surface area contributed by atoms with Gasteiger partial charge < -0.3 is 15.5 Å². The number of thiazole rings is 1. The Bertz CT molecular complexity index is 760. The van der Waals surface area contributed by atoms with Gasteiger partial charge in [0.1, 0.15) is 0 Å². The van der Waals surface area contributed by atoms with Gasteiger partial charge in [0.2, 0.25) is 0 Å². The van der Waals surface area contributed by atoms with Crippen molar-refractivity contribution in [2.24, 2.45) is 4.99 Å². The Balaban J connectivity index is 1.23. The Morgan fingerprint density at radius 1 is 1.19 bits per heavy atom. The lowest BCUT2D eigenvalue weighted by molar-refractivity contribution is 0.645. The van der Waals surface area contributed by atoms with Crippen molar-refractivity contribution in [3.8, 4) is 0 Å². The quantitative estimate of drug-likeness (QED) is 0.570. The van der Waals surface area contributed by atoms with E-state index in [-0.39, 0.29) is 0 Å². The van der Waals surface area contributed by atoms with E-state index < -0.39 is 0 Å². The van der Waals surface area contributed by atoms with Crippen molar-refractivity contribution in [2.45, 2.75) is 37.5 Å². The van der Waals surface area contributed by atoms with E-state index in [0.717, 1.165) is 38.6 Å². The third kappa shape index (κ3) is 4.43. The number of nitrogens with zero attached hydrogens (tertiary/aromatic N) is 3. The zero-order valence-electron chi connectivity index (χ0n) is 16.1. The van der Waals surface area contributed by atoms with Crippen molar-refractivity contribution >= 4 is 22.4 Å². The van der Waals surface area contributed by atoms with E-state index in [9.17, 15) is 0 Å². The summed E-state index contributed by atoms with van der Waals surface area (Å²) in [7, 11) is 1.84. The third-order valence-corrected chi connectivity index (χ3v) is 6.60. The van der Waals surface area contributed by atoms with Gasteiger partial charge >= 0.3 is 0 Å². The van der Waals surface area contributed by atoms with Gasteiger partial charge in [-0.3, -0.25) is 4.99 Å².